The van der Waals surface area contributed by atoms with Crippen molar-refractivity contribution >= 4 is 23.4 Å². The van der Waals surface area contributed by atoms with Gasteiger partial charge in [-0.1, -0.05) is 12.2 Å². The molecule has 3 heteroatoms. The summed E-state index contributed by atoms with van der Waals surface area (Å²) in [7, 11) is 2.01. The molecule has 0 fully saturated rings. The van der Waals surface area contributed by atoms with Crippen LogP contribution in [0.15, 0.2) is 4.99 Å². The van der Waals surface area contributed by atoms with Crippen LogP contribution >= 0.6 is 12.2 Å². The van der Waals surface area contributed by atoms with Crippen LogP contribution in [-0.4, -0.2) is 36.2 Å². The number of rotatable bonds is 1. The van der Waals surface area contributed by atoms with Gasteiger partial charge in [0.15, 0.2) is 0 Å². The minimum absolute atomic E-state index is 0.937. The maximum atomic E-state index is 4.75. The number of aliphatic imine (C=N–C) groups is 1. The first kappa shape index (κ1) is 6.68. The molecule has 0 aromatic carbocycles. The van der Waals surface area contributed by atoms with Crippen LogP contribution in [0.3, 0.4) is 0 Å². The van der Waals surface area contributed by atoms with Gasteiger partial charge in [-0.2, -0.15) is 0 Å². The monoisotopic (exact) mass is 142 g/mol. The van der Waals surface area contributed by atoms with Gasteiger partial charge in [0, 0.05) is 25.5 Å². The molecule has 50 valence electrons. The van der Waals surface area contributed by atoms with Crippen LogP contribution in [0.2, 0.25) is 0 Å². The fourth-order valence-corrected chi connectivity index (χ4v) is 1.12. The number of hydrogen-bond acceptors (Lipinski definition) is 3. The van der Waals surface area contributed by atoms with Gasteiger partial charge in [-0.3, -0.25) is 4.99 Å². The molecule has 2 nitrogen and oxygen atoms in total. The molecule has 0 atom stereocenters. The number of nitrogens with zero attached hydrogens (tertiary/aromatic N) is 2. The van der Waals surface area contributed by atoms with Gasteiger partial charge in [-0.25, -0.2) is 0 Å². The summed E-state index contributed by atoms with van der Waals surface area (Å²) in [5, 5.41) is 1.64. The number of hydrogen-bond donors (Lipinski definition) is 0. The summed E-state index contributed by atoms with van der Waals surface area (Å²) in [5.74, 6) is 0.955. The first-order valence-electron chi connectivity index (χ1n) is 3.05. The van der Waals surface area contributed by atoms with E-state index in [0.717, 1.165) is 25.3 Å². The molecule has 0 unspecified atom stereocenters. The highest BCUT2D eigenvalue weighted by atomic mass is 32.1. The summed E-state index contributed by atoms with van der Waals surface area (Å²) >= 11 is 4.75. The van der Waals surface area contributed by atoms with Crippen molar-refractivity contribution in [1.82, 2.24) is 4.90 Å². The zero-order valence-corrected chi connectivity index (χ0v) is 6.32. The average Bonchev–Trinajstić information content (AvgIpc) is 1.89. The zero-order valence-electron chi connectivity index (χ0n) is 5.50. The van der Waals surface area contributed by atoms with Crippen molar-refractivity contribution in [3.8, 4) is 0 Å². The van der Waals surface area contributed by atoms with Gasteiger partial charge in [-0.05, 0) is 6.42 Å². The molecule has 1 heterocycles. The predicted octanol–water partition coefficient (Wildman–Crippen LogP) is 0.720. The molecular weight excluding hydrogens is 132 g/mol. The molecule has 0 radical (unpaired) electrons. The van der Waals surface area contributed by atoms with E-state index in [1.165, 1.54) is 0 Å². The summed E-state index contributed by atoms with van der Waals surface area (Å²) in [6.45, 7) is 2.03. The maximum absolute atomic E-state index is 4.75. The molecule has 0 spiro atoms. The Balaban J connectivity index is 2.63. The van der Waals surface area contributed by atoms with E-state index in [2.05, 4.69) is 9.89 Å². The molecule has 0 amide bonds. The number of amidine groups is 1. The highest BCUT2D eigenvalue weighted by Crippen LogP contribution is 1.97. The lowest BCUT2D eigenvalue weighted by molar-refractivity contribution is 0.474. The van der Waals surface area contributed by atoms with Crippen molar-refractivity contribution < 1.29 is 0 Å². The molecule has 0 aromatic rings. The quantitative estimate of drug-likeness (QED) is 0.501. The van der Waals surface area contributed by atoms with Gasteiger partial charge >= 0.3 is 0 Å². The normalized spacial score (nSPS) is 19.2. The smallest absolute Gasteiger partial charge is 0.134 e. The van der Waals surface area contributed by atoms with Gasteiger partial charge < -0.3 is 4.90 Å². The summed E-state index contributed by atoms with van der Waals surface area (Å²) in [6.07, 6.45) is 1.16. The highest BCUT2D eigenvalue weighted by Gasteiger charge is 2.06. The molecule has 0 aliphatic carbocycles. The van der Waals surface area contributed by atoms with Crippen LogP contribution in [0.25, 0.3) is 0 Å². The largest absolute Gasteiger partial charge is 0.359 e. The van der Waals surface area contributed by atoms with Crippen LogP contribution in [0.4, 0.5) is 0 Å². The van der Waals surface area contributed by atoms with Crippen LogP contribution < -0.4 is 0 Å². The molecule has 0 aromatic heterocycles. The van der Waals surface area contributed by atoms with E-state index in [4.69, 9.17) is 12.2 Å². The summed E-state index contributed by atoms with van der Waals surface area (Å²) < 4.78 is 0. The van der Waals surface area contributed by atoms with Crippen molar-refractivity contribution in [1.29, 1.82) is 0 Å². The first-order valence-corrected chi connectivity index (χ1v) is 3.52. The maximum Gasteiger partial charge on any atom is 0.134 e. The lowest BCUT2D eigenvalue weighted by Gasteiger charge is -2.21. The average molecular weight is 142 g/mol. The number of thiocarbonyl (C=S) groups is 1. The lowest BCUT2D eigenvalue weighted by atomic mass is 10.3. The van der Waals surface area contributed by atoms with Crippen molar-refractivity contribution in [3.05, 3.63) is 0 Å². The lowest BCUT2D eigenvalue weighted by Crippen LogP contribution is -2.32. The Kier molecular flexibility index (Phi) is 2.16. The Morgan fingerprint density at radius 2 is 2.56 bits per heavy atom. The molecule has 0 saturated heterocycles. The van der Waals surface area contributed by atoms with Crippen molar-refractivity contribution in [2.45, 2.75) is 6.42 Å². The summed E-state index contributed by atoms with van der Waals surface area (Å²) in [6, 6.07) is 0. The van der Waals surface area contributed by atoms with Crippen molar-refractivity contribution in [2.75, 3.05) is 20.1 Å². The SMILES string of the molecule is CN1CCCN=C1C=S. The first-order chi connectivity index (χ1) is 4.34. The Labute approximate surface area is 60.6 Å². The van der Waals surface area contributed by atoms with E-state index in [1.54, 1.807) is 5.37 Å². The van der Waals surface area contributed by atoms with E-state index in [1.807, 2.05) is 7.05 Å². The van der Waals surface area contributed by atoms with Crippen molar-refractivity contribution in [2.24, 2.45) is 4.99 Å². The Bertz CT molecular complexity index is 142. The Morgan fingerprint density at radius 3 is 3.00 bits per heavy atom. The predicted molar refractivity (Wildman–Crippen MR) is 43.2 cm³/mol. The third-order valence-electron chi connectivity index (χ3n) is 1.42. The molecule has 0 saturated carbocycles. The van der Waals surface area contributed by atoms with E-state index in [-0.39, 0.29) is 0 Å². The van der Waals surface area contributed by atoms with E-state index in [0.29, 0.717) is 0 Å². The van der Waals surface area contributed by atoms with Gasteiger partial charge in [0.1, 0.15) is 5.84 Å². The minimum atomic E-state index is 0.937. The third-order valence-corrected chi connectivity index (χ3v) is 1.63. The second kappa shape index (κ2) is 2.92. The van der Waals surface area contributed by atoms with Crippen LogP contribution in [0.5, 0.6) is 0 Å². The fourth-order valence-electron chi connectivity index (χ4n) is 0.864. The summed E-state index contributed by atoms with van der Waals surface area (Å²) in [5.41, 5.74) is 0. The van der Waals surface area contributed by atoms with Gasteiger partial charge in [0.25, 0.3) is 0 Å². The van der Waals surface area contributed by atoms with E-state index in [9.17, 15) is 0 Å². The second-order valence-electron chi connectivity index (χ2n) is 2.13. The molecule has 1 rings (SSSR count). The standard InChI is InChI=1S/C6H10N2S/c1-8-4-2-3-7-6(8)5-9/h5H,2-4H2,1H3. The molecule has 1 aliphatic rings. The topological polar surface area (TPSA) is 15.6 Å². The van der Waals surface area contributed by atoms with Gasteiger partial charge in [-0.15, -0.1) is 0 Å². The van der Waals surface area contributed by atoms with Crippen LogP contribution in [0.1, 0.15) is 6.42 Å². The zero-order chi connectivity index (χ0) is 6.69. The molecule has 9 heavy (non-hydrogen) atoms. The molecule has 0 bridgehead atoms. The molecular formula is C6H10N2S. The van der Waals surface area contributed by atoms with Crippen LogP contribution in [-0.2, 0) is 0 Å². The van der Waals surface area contributed by atoms with E-state index >= 15 is 0 Å². The Morgan fingerprint density at radius 1 is 1.78 bits per heavy atom. The van der Waals surface area contributed by atoms with Crippen LogP contribution in [0, 0.1) is 0 Å². The van der Waals surface area contributed by atoms with E-state index < -0.39 is 0 Å². The second-order valence-corrected chi connectivity index (χ2v) is 2.37. The molecule has 0 N–H and O–H groups in total. The Hall–Kier alpha value is -0.440. The summed E-state index contributed by atoms with van der Waals surface area (Å²) in [4.78, 5) is 6.29. The van der Waals surface area contributed by atoms with Gasteiger partial charge in [0.2, 0.25) is 0 Å². The fraction of sp³-hybridized carbons (Fsp3) is 0.667. The van der Waals surface area contributed by atoms with Crippen molar-refractivity contribution in [3.63, 3.8) is 0 Å². The highest BCUT2D eigenvalue weighted by molar-refractivity contribution is 7.80. The molecule has 1 aliphatic heterocycles. The third kappa shape index (κ3) is 1.48. The minimum Gasteiger partial charge on any atom is -0.359 e. The van der Waals surface area contributed by atoms with Gasteiger partial charge in [0.05, 0.1) is 0 Å².